The van der Waals surface area contributed by atoms with Gasteiger partial charge in [-0.05, 0) is 31.8 Å². The van der Waals surface area contributed by atoms with Crippen LogP contribution in [0.1, 0.15) is 30.1 Å². The van der Waals surface area contributed by atoms with Gasteiger partial charge in [-0.3, -0.25) is 9.59 Å². The Balaban J connectivity index is 0.00000243. The van der Waals surface area contributed by atoms with E-state index in [1.165, 1.54) is 0 Å². The van der Waals surface area contributed by atoms with E-state index in [0.717, 1.165) is 13.1 Å². The van der Waals surface area contributed by atoms with E-state index in [4.69, 9.17) is 0 Å². The number of ketones is 1. The average molecular weight is 391 g/mol. The largest absolute Gasteiger partial charge is 0.342 e. The second kappa shape index (κ2) is 8.39. The van der Waals surface area contributed by atoms with Crippen LogP contribution in [0.2, 0.25) is 0 Å². The van der Waals surface area contributed by atoms with Gasteiger partial charge in [-0.1, -0.05) is 6.92 Å². The zero-order chi connectivity index (χ0) is 18.1. The number of halogens is 4. The number of piperidine rings is 1. The molecule has 1 unspecified atom stereocenters. The number of hydrogen-bond acceptors (Lipinski definition) is 3. The van der Waals surface area contributed by atoms with Crippen LogP contribution in [0, 0.1) is 35.2 Å². The van der Waals surface area contributed by atoms with E-state index in [1.54, 1.807) is 4.90 Å². The number of carbonyl (C=O) groups excluding carboxylic acids is 2. The molecule has 2 saturated heterocycles. The molecule has 26 heavy (non-hydrogen) atoms. The van der Waals surface area contributed by atoms with Crippen LogP contribution in [-0.2, 0) is 4.79 Å². The topological polar surface area (TPSA) is 49.4 Å². The number of rotatable bonds is 4. The van der Waals surface area contributed by atoms with Gasteiger partial charge in [0.1, 0.15) is 17.5 Å². The first-order valence-corrected chi connectivity index (χ1v) is 8.56. The lowest BCUT2D eigenvalue weighted by Crippen LogP contribution is -2.51. The molecule has 3 rings (SSSR count). The summed E-state index contributed by atoms with van der Waals surface area (Å²) in [6.45, 7) is 4.37. The number of nitrogens with one attached hydrogen (secondary N) is 1. The van der Waals surface area contributed by atoms with E-state index in [-0.39, 0.29) is 24.2 Å². The van der Waals surface area contributed by atoms with E-state index in [1.807, 2.05) is 6.92 Å². The molecule has 0 saturated carbocycles. The van der Waals surface area contributed by atoms with E-state index in [0.29, 0.717) is 44.0 Å². The third kappa shape index (κ3) is 4.04. The Morgan fingerprint density at radius 1 is 1.12 bits per heavy atom. The molecular formula is C18H22ClF3N2O2. The van der Waals surface area contributed by atoms with Gasteiger partial charge in [-0.25, -0.2) is 13.2 Å². The van der Waals surface area contributed by atoms with Crippen LogP contribution in [-0.4, -0.2) is 42.8 Å². The molecule has 1 aromatic rings. The van der Waals surface area contributed by atoms with Crippen molar-refractivity contribution in [3.8, 4) is 0 Å². The number of amides is 1. The first kappa shape index (κ1) is 20.7. The Bertz CT molecular complexity index is 666. The molecule has 4 nitrogen and oxygen atoms in total. The molecule has 144 valence electrons. The minimum atomic E-state index is -1.17. The highest BCUT2D eigenvalue weighted by Crippen LogP contribution is 2.27. The summed E-state index contributed by atoms with van der Waals surface area (Å²) in [7, 11) is 0. The Hall–Kier alpha value is -1.60. The van der Waals surface area contributed by atoms with Gasteiger partial charge in [0, 0.05) is 37.1 Å². The van der Waals surface area contributed by atoms with E-state index < -0.39 is 34.7 Å². The molecule has 0 aromatic heterocycles. The van der Waals surface area contributed by atoms with Crippen LogP contribution in [0.15, 0.2) is 12.1 Å². The van der Waals surface area contributed by atoms with Gasteiger partial charge in [0.05, 0.1) is 5.56 Å². The summed E-state index contributed by atoms with van der Waals surface area (Å²) in [4.78, 5) is 26.6. The molecule has 0 radical (unpaired) electrons. The van der Waals surface area contributed by atoms with Crippen LogP contribution < -0.4 is 5.32 Å². The minimum Gasteiger partial charge on any atom is -0.342 e. The Labute approximate surface area is 156 Å². The normalized spacial score (nSPS) is 19.5. The van der Waals surface area contributed by atoms with Crippen LogP contribution in [0.25, 0.3) is 0 Å². The lowest BCUT2D eigenvalue weighted by molar-refractivity contribution is -0.138. The summed E-state index contributed by atoms with van der Waals surface area (Å²) in [5.74, 6) is -4.27. The van der Waals surface area contributed by atoms with Crippen molar-refractivity contribution in [2.75, 3.05) is 26.2 Å². The van der Waals surface area contributed by atoms with Gasteiger partial charge in [-0.2, -0.15) is 0 Å². The molecule has 2 aliphatic heterocycles. The molecule has 0 bridgehead atoms. The van der Waals surface area contributed by atoms with Crippen molar-refractivity contribution in [1.82, 2.24) is 10.2 Å². The second-order valence-electron chi connectivity index (χ2n) is 6.92. The van der Waals surface area contributed by atoms with E-state index in [9.17, 15) is 22.8 Å². The second-order valence-corrected chi connectivity index (χ2v) is 6.92. The van der Waals surface area contributed by atoms with Gasteiger partial charge in [0.15, 0.2) is 5.78 Å². The molecule has 0 aliphatic carbocycles. The van der Waals surface area contributed by atoms with Crippen molar-refractivity contribution in [1.29, 1.82) is 0 Å². The Morgan fingerprint density at radius 2 is 1.65 bits per heavy atom. The third-order valence-electron chi connectivity index (χ3n) is 5.34. The molecule has 2 heterocycles. The number of benzene rings is 1. The molecule has 1 aromatic carbocycles. The maximum absolute atomic E-state index is 13.8. The van der Waals surface area contributed by atoms with Gasteiger partial charge in [-0.15, -0.1) is 12.4 Å². The van der Waals surface area contributed by atoms with Crippen molar-refractivity contribution in [3.63, 3.8) is 0 Å². The van der Waals surface area contributed by atoms with Crippen molar-refractivity contribution < 1.29 is 22.8 Å². The van der Waals surface area contributed by atoms with Crippen molar-refractivity contribution in [3.05, 3.63) is 35.1 Å². The molecule has 2 fully saturated rings. The number of Topliss-reactive ketones (excluding diaryl/α,β-unsaturated/α-hetero) is 1. The van der Waals surface area contributed by atoms with E-state index in [2.05, 4.69) is 5.32 Å². The Kier molecular flexibility index (Phi) is 6.69. The van der Waals surface area contributed by atoms with Crippen LogP contribution >= 0.6 is 12.4 Å². The quantitative estimate of drug-likeness (QED) is 0.804. The monoisotopic (exact) mass is 390 g/mol. The molecule has 1 atom stereocenters. The van der Waals surface area contributed by atoms with Crippen molar-refractivity contribution >= 4 is 24.1 Å². The van der Waals surface area contributed by atoms with Gasteiger partial charge in [0.25, 0.3) is 0 Å². The van der Waals surface area contributed by atoms with Gasteiger partial charge >= 0.3 is 0 Å². The summed E-state index contributed by atoms with van der Waals surface area (Å²) in [6, 6.07) is 1.03. The molecule has 0 spiro atoms. The molecular weight excluding hydrogens is 369 g/mol. The van der Waals surface area contributed by atoms with Crippen molar-refractivity contribution in [2.24, 2.45) is 17.8 Å². The number of nitrogens with zero attached hydrogens (tertiary/aromatic N) is 1. The fourth-order valence-electron chi connectivity index (χ4n) is 3.50. The standard InChI is InChI=1S/C18H21F3N2O2.ClH/c1-10(12-8-22-9-12)18(25)23-4-2-11(3-5-23)17(24)16-14(20)6-13(19)7-15(16)21;/h6-7,10-12,22H,2-5,8-9H2,1H3;1H. The molecule has 1 amide bonds. The fourth-order valence-corrected chi connectivity index (χ4v) is 3.50. The summed E-state index contributed by atoms with van der Waals surface area (Å²) < 4.78 is 40.6. The number of hydrogen-bond donors (Lipinski definition) is 1. The smallest absolute Gasteiger partial charge is 0.225 e. The zero-order valence-electron chi connectivity index (χ0n) is 14.4. The Morgan fingerprint density at radius 3 is 2.12 bits per heavy atom. The predicted molar refractivity (Wildman–Crippen MR) is 92.7 cm³/mol. The first-order chi connectivity index (χ1) is 11.9. The summed E-state index contributed by atoms with van der Waals surface area (Å²) in [5.41, 5.74) is -0.680. The maximum Gasteiger partial charge on any atom is 0.225 e. The van der Waals surface area contributed by atoms with Crippen LogP contribution in [0.5, 0.6) is 0 Å². The third-order valence-corrected chi connectivity index (χ3v) is 5.34. The highest BCUT2D eigenvalue weighted by molar-refractivity contribution is 5.98. The van der Waals surface area contributed by atoms with Gasteiger partial charge < -0.3 is 10.2 Å². The van der Waals surface area contributed by atoms with Crippen LogP contribution in [0.4, 0.5) is 13.2 Å². The summed E-state index contributed by atoms with van der Waals surface area (Å²) >= 11 is 0. The lowest BCUT2D eigenvalue weighted by atomic mass is 9.85. The van der Waals surface area contributed by atoms with Crippen molar-refractivity contribution in [2.45, 2.75) is 19.8 Å². The first-order valence-electron chi connectivity index (χ1n) is 8.56. The lowest BCUT2D eigenvalue weighted by Gasteiger charge is -2.37. The number of carbonyl (C=O) groups is 2. The fraction of sp³-hybridized carbons (Fsp3) is 0.556. The minimum absolute atomic E-state index is 0. The highest BCUT2D eigenvalue weighted by atomic mass is 35.5. The van der Waals surface area contributed by atoms with Crippen LogP contribution in [0.3, 0.4) is 0 Å². The summed E-state index contributed by atoms with van der Waals surface area (Å²) in [6.07, 6.45) is 0.715. The average Bonchev–Trinajstić information content (AvgIpc) is 2.51. The maximum atomic E-state index is 13.8. The predicted octanol–water partition coefficient (Wildman–Crippen LogP) is 2.80. The summed E-state index contributed by atoms with van der Waals surface area (Å²) in [5, 5.41) is 3.14. The molecule has 1 N–H and O–H groups in total. The number of likely N-dealkylation sites (tertiary alicyclic amines) is 1. The molecule has 2 aliphatic rings. The zero-order valence-corrected chi connectivity index (χ0v) is 15.3. The van der Waals surface area contributed by atoms with Gasteiger partial charge in [0.2, 0.25) is 5.91 Å². The van der Waals surface area contributed by atoms with E-state index >= 15 is 0 Å². The highest BCUT2D eigenvalue weighted by Gasteiger charge is 2.35. The SMILES string of the molecule is CC(C(=O)N1CCC(C(=O)c2c(F)cc(F)cc2F)CC1)C1CNC1.Cl. The molecule has 8 heteroatoms.